The molecule has 2 aromatic carbocycles. The number of Topliss-reactive ketones (excluding diaryl/α,β-unsaturated/α-hetero) is 1. The average molecular weight is 347 g/mol. The number of rotatable bonds is 6. The summed E-state index contributed by atoms with van der Waals surface area (Å²) >= 11 is 0. The summed E-state index contributed by atoms with van der Waals surface area (Å²) in [7, 11) is 5.90. The van der Waals surface area contributed by atoms with Crippen LogP contribution in [0.15, 0.2) is 60.3 Å². The van der Waals surface area contributed by atoms with Crippen molar-refractivity contribution in [1.29, 1.82) is 0 Å². The van der Waals surface area contributed by atoms with Crippen LogP contribution in [0.2, 0.25) is 0 Å². The van der Waals surface area contributed by atoms with E-state index in [2.05, 4.69) is 17.7 Å². The molecule has 0 saturated heterocycles. The van der Waals surface area contributed by atoms with Crippen LogP contribution < -0.4 is 0 Å². The third-order valence-corrected chi connectivity index (χ3v) is 4.54. The molecule has 0 saturated carbocycles. The second-order valence-corrected chi connectivity index (χ2v) is 6.88. The first kappa shape index (κ1) is 17.9. The van der Waals surface area contributed by atoms with E-state index in [1.807, 2.05) is 74.6 Å². The number of benzene rings is 2. The monoisotopic (exact) mass is 347 g/mol. The molecule has 3 aromatic rings. The summed E-state index contributed by atoms with van der Waals surface area (Å²) < 4.78 is 2.16. The first-order valence-electron chi connectivity index (χ1n) is 8.84. The van der Waals surface area contributed by atoms with Crippen molar-refractivity contribution in [2.45, 2.75) is 19.8 Å². The number of imidazole rings is 1. The van der Waals surface area contributed by atoms with E-state index in [4.69, 9.17) is 4.98 Å². The third kappa shape index (κ3) is 3.85. The van der Waals surface area contributed by atoms with E-state index in [1.54, 1.807) is 0 Å². The molecule has 1 heterocycles. The number of allylic oxidation sites excluding steroid dienone is 1. The van der Waals surface area contributed by atoms with Gasteiger partial charge in [-0.05, 0) is 31.0 Å². The summed E-state index contributed by atoms with van der Waals surface area (Å²) in [6.07, 6.45) is 3.62. The van der Waals surface area contributed by atoms with E-state index >= 15 is 0 Å². The molecule has 26 heavy (non-hydrogen) atoms. The van der Waals surface area contributed by atoms with Crippen molar-refractivity contribution < 1.29 is 4.79 Å². The highest BCUT2D eigenvalue weighted by atomic mass is 16.1. The average Bonchev–Trinajstić information content (AvgIpc) is 2.95. The Hall–Kier alpha value is -2.88. The maximum atomic E-state index is 12.4. The zero-order chi connectivity index (χ0) is 18.7. The molecule has 0 radical (unpaired) electrons. The molecule has 0 N–H and O–H groups in total. The normalized spacial score (nSPS) is 11.8. The summed E-state index contributed by atoms with van der Waals surface area (Å²) in [5.41, 5.74) is 4.87. The van der Waals surface area contributed by atoms with E-state index in [-0.39, 0.29) is 5.78 Å². The zero-order valence-corrected chi connectivity index (χ0v) is 15.9. The quantitative estimate of drug-likeness (QED) is 0.499. The van der Waals surface area contributed by atoms with Gasteiger partial charge in [-0.3, -0.25) is 4.79 Å². The summed E-state index contributed by atoms with van der Waals surface area (Å²) in [5.74, 6) is 1.15. The van der Waals surface area contributed by atoms with Gasteiger partial charge in [0.05, 0.1) is 11.0 Å². The zero-order valence-electron chi connectivity index (χ0n) is 15.9. The second kappa shape index (κ2) is 7.56. The number of fused-ring (bicyclic) bond motifs is 1. The molecule has 0 unspecified atom stereocenters. The van der Waals surface area contributed by atoms with Crippen LogP contribution in [-0.4, -0.2) is 34.3 Å². The van der Waals surface area contributed by atoms with E-state index in [0.29, 0.717) is 0 Å². The van der Waals surface area contributed by atoms with Crippen molar-refractivity contribution in [2.75, 3.05) is 14.1 Å². The Morgan fingerprint density at radius 3 is 2.42 bits per heavy atom. The lowest BCUT2D eigenvalue weighted by Crippen LogP contribution is -2.08. The molecule has 0 aliphatic rings. The summed E-state index contributed by atoms with van der Waals surface area (Å²) in [5, 5.41) is 0. The van der Waals surface area contributed by atoms with Crippen LogP contribution in [0.4, 0.5) is 0 Å². The highest BCUT2D eigenvalue weighted by Gasteiger charge is 2.10. The van der Waals surface area contributed by atoms with Gasteiger partial charge < -0.3 is 9.47 Å². The number of aryl methyl sites for hydroxylation is 3. The van der Waals surface area contributed by atoms with Crippen molar-refractivity contribution in [3.05, 3.63) is 77.3 Å². The molecule has 0 fully saturated rings. The van der Waals surface area contributed by atoms with E-state index in [0.717, 1.165) is 40.8 Å². The fourth-order valence-electron chi connectivity index (χ4n) is 3.17. The number of carbonyl (C=O) groups excluding carboxylic acids is 1. The van der Waals surface area contributed by atoms with Crippen LogP contribution in [0.1, 0.15) is 28.7 Å². The molecule has 1 aromatic heterocycles. The van der Waals surface area contributed by atoms with Gasteiger partial charge in [-0.2, -0.15) is 0 Å². The maximum absolute atomic E-state index is 12.4. The topological polar surface area (TPSA) is 38.1 Å². The van der Waals surface area contributed by atoms with Gasteiger partial charge in [0, 0.05) is 44.9 Å². The van der Waals surface area contributed by atoms with Crippen molar-refractivity contribution in [3.8, 4) is 0 Å². The largest absolute Gasteiger partial charge is 0.383 e. The SMILES string of the molecule is C/C(=C\N(C)C)C(=O)c1ccc(CCc2nc3ccccc3n2C)cc1. The Morgan fingerprint density at radius 2 is 1.77 bits per heavy atom. The predicted octanol–water partition coefficient (Wildman–Crippen LogP) is 4.01. The summed E-state index contributed by atoms with van der Waals surface area (Å²) in [6.45, 7) is 1.85. The Morgan fingerprint density at radius 1 is 1.08 bits per heavy atom. The van der Waals surface area contributed by atoms with Gasteiger partial charge in [0.15, 0.2) is 5.78 Å². The van der Waals surface area contributed by atoms with Crippen molar-refractivity contribution in [3.63, 3.8) is 0 Å². The highest BCUT2D eigenvalue weighted by molar-refractivity contribution is 6.08. The fraction of sp³-hybridized carbons (Fsp3) is 0.273. The smallest absolute Gasteiger partial charge is 0.190 e. The molecule has 0 bridgehead atoms. The Kier molecular flexibility index (Phi) is 5.21. The lowest BCUT2D eigenvalue weighted by atomic mass is 10.0. The van der Waals surface area contributed by atoms with Crippen LogP contribution in [0, 0.1) is 0 Å². The molecule has 0 aliphatic heterocycles. The molecule has 4 nitrogen and oxygen atoms in total. The van der Waals surface area contributed by atoms with Gasteiger partial charge in [-0.1, -0.05) is 36.4 Å². The van der Waals surface area contributed by atoms with Crippen LogP contribution in [0.5, 0.6) is 0 Å². The summed E-state index contributed by atoms with van der Waals surface area (Å²) in [6, 6.07) is 16.1. The number of nitrogens with zero attached hydrogens (tertiary/aromatic N) is 3. The minimum absolute atomic E-state index is 0.0700. The minimum Gasteiger partial charge on any atom is -0.383 e. The lowest BCUT2D eigenvalue weighted by molar-refractivity contribution is 0.103. The molecule has 0 amide bonds. The maximum Gasteiger partial charge on any atom is 0.190 e. The van der Waals surface area contributed by atoms with Gasteiger partial charge >= 0.3 is 0 Å². The molecule has 3 rings (SSSR count). The number of hydrogen-bond donors (Lipinski definition) is 0. The number of aromatic nitrogens is 2. The molecular weight excluding hydrogens is 322 g/mol. The van der Waals surface area contributed by atoms with E-state index in [1.165, 1.54) is 5.56 Å². The minimum atomic E-state index is 0.0700. The standard InChI is InChI=1S/C22H25N3O/c1-16(15-24(2)3)22(26)18-12-9-17(10-13-18)11-14-21-23-19-7-5-6-8-20(19)25(21)4/h5-10,12-13,15H,11,14H2,1-4H3/b16-15+. The van der Waals surface area contributed by atoms with Crippen molar-refractivity contribution in [2.24, 2.45) is 7.05 Å². The molecular formula is C22H25N3O. The number of hydrogen-bond acceptors (Lipinski definition) is 3. The first-order chi connectivity index (χ1) is 12.5. The predicted molar refractivity (Wildman–Crippen MR) is 106 cm³/mol. The van der Waals surface area contributed by atoms with Gasteiger partial charge in [0.25, 0.3) is 0 Å². The van der Waals surface area contributed by atoms with Crippen LogP contribution in [-0.2, 0) is 19.9 Å². The molecule has 0 spiro atoms. The number of para-hydroxylation sites is 2. The van der Waals surface area contributed by atoms with Crippen LogP contribution in [0.25, 0.3) is 11.0 Å². The van der Waals surface area contributed by atoms with Crippen LogP contribution >= 0.6 is 0 Å². The van der Waals surface area contributed by atoms with Crippen molar-refractivity contribution in [1.82, 2.24) is 14.5 Å². The van der Waals surface area contributed by atoms with Crippen molar-refractivity contribution >= 4 is 16.8 Å². The Labute approximate surface area is 154 Å². The molecule has 4 heteroatoms. The van der Waals surface area contributed by atoms with E-state index in [9.17, 15) is 4.79 Å². The van der Waals surface area contributed by atoms with Gasteiger partial charge in [-0.25, -0.2) is 4.98 Å². The second-order valence-electron chi connectivity index (χ2n) is 6.88. The Bertz CT molecular complexity index is 949. The molecule has 0 atom stereocenters. The highest BCUT2D eigenvalue weighted by Crippen LogP contribution is 2.16. The van der Waals surface area contributed by atoms with E-state index < -0.39 is 0 Å². The summed E-state index contributed by atoms with van der Waals surface area (Å²) in [4.78, 5) is 19.0. The third-order valence-electron chi connectivity index (χ3n) is 4.54. The van der Waals surface area contributed by atoms with Gasteiger partial charge in [-0.15, -0.1) is 0 Å². The van der Waals surface area contributed by atoms with Gasteiger partial charge in [0.1, 0.15) is 5.82 Å². The fourth-order valence-corrected chi connectivity index (χ4v) is 3.17. The molecule has 134 valence electrons. The lowest BCUT2D eigenvalue weighted by Gasteiger charge is -2.08. The van der Waals surface area contributed by atoms with Gasteiger partial charge in [0.2, 0.25) is 0 Å². The van der Waals surface area contributed by atoms with Crippen LogP contribution in [0.3, 0.4) is 0 Å². The first-order valence-corrected chi connectivity index (χ1v) is 8.84. The number of carbonyl (C=O) groups is 1. The molecule has 0 aliphatic carbocycles. The Balaban J connectivity index is 1.69. The number of ketones is 1.